The lowest BCUT2D eigenvalue weighted by molar-refractivity contribution is -0.116. The zero-order valence-corrected chi connectivity index (χ0v) is 25.7. The summed E-state index contributed by atoms with van der Waals surface area (Å²) in [5, 5.41) is 6.20. The number of benzene rings is 4. The van der Waals surface area contributed by atoms with E-state index in [1.165, 1.54) is 36.4 Å². The van der Waals surface area contributed by atoms with Gasteiger partial charge >= 0.3 is 0 Å². The van der Waals surface area contributed by atoms with E-state index >= 15 is 4.39 Å². The molecule has 2 N–H and O–H groups in total. The fourth-order valence-corrected chi connectivity index (χ4v) is 7.60. The molecule has 0 saturated carbocycles. The molecule has 0 unspecified atom stereocenters. The van der Waals surface area contributed by atoms with Gasteiger partial charge in [-0.1, -0.05) is 48.5 Å². The maximum Gasteiger partial charge on any atom is 0.243 e. The van der Waals surface area contributed by atoms with E-state index < -0.39 is 33.4 Å². The Hall–Kier alpha value is -3.99. The molecule has 0 radical (unpaired) electrons. The van der Waals surface area contributed by atoms with Gasteiger partial charge in [0, 0.05) is 48.8 Å². The van der Waals surface area contributed by atoms with Crippen LogP contribution in [0.2, 0.25) is 0 Å². The summed E-state index contributed by atoms with van der Waals surface area (Å²) in [5.74, 6) is -2.16. The average molecular weight is 636 g/mol. The second kappa shape index (κ2) is 14.4. The zero-order chi connectivity index (χ0) is 32.0. The van der Waals surface area contributed by atoms with Crippen molar-refractivity contribution in [3.8, 4) is 0 Å². The lowest BCUT2D eigenvalue weighted by Crippen LogP contribution is -2.57. The SMILES string of the molecule is C[C@@H]1CN(S(=O)(=O)c2ccccc2)[C@@H](CCCc2c(F)cccc2NC(=O)CC(c2ccc(F)cc2)c2ccc(F)cc2)CN1. The summed E-state index contributed by atoms with van der Waals surface area (Å²) in [6.45, 7) is 2.74. The molecule has 0 aromatic heterocycles. The molecule has 45 heavy (non-hydrogen) atoms. The molecule has 1 heterocycles. The smallest absolute Gasteiger partial charge is 0.243 e. The van der Waals surface area contributed by atoms with Crippen molar-refractivity contribution in [2.45, 2.75) is 55.5 Å². The number of anilines is 1. The highest BCUT2D eigenvalue weighted by Gasteiger charge is 2.35. The summed E-state index contributed by atoms with van der Waals surface area (Å²) >= 11 is 0. The summed E-state index contributed by atoms with van der Waals surface area (Å²) in [7, 11) is -3.71. The standard InChI is InChI=1S/C35H36F3N3O3S/c1-24-23-41(45(43,44)30-8-3-2-4-9-30)29(22-39-24)7-5-10-31-33(38)11-6-12-34(31)40-35(42)21-32(25-13-17-27(36)18-14-25)26-15-19-28(37)20-16-26/h2-4,6,8-9,11-20,24,29,32,39H,5,7,10,21-23H2,1H3,(H,40,42)/t24-,29+/m1/s1. The molecule has 1 aliphatic rings. The fourth-order valence-electron chi connectivity index (χ4n) is 5.84. The van der Waals surface area contributed by atoms with E-state index in [2.05, 4.69) is 10.6 Å². The number of amides is 1. The molecule has 10 heteroatoms. The van der Waals surface area contributed by atoms with Gasteiger partial charge < -0.3 is 10.6 Å². The molecule has 6 nitrogen and oxygen atoms in total. The number of halogens is 3. The third kappa shape index (κ3) is 8.00. The van der Waals surface area contributed by atoms with Crippen molar-refractivity contribution >= 4 is 21.6 Å². The number of rotatable bonds is 11. The van der Waals surface area contributed by atoms with Gasteiger partial charge in [0.15, 0.2) is 0 Å². The first-order valence-electron chi connectivity index (χ1n) is 15.0. The Labute approximate surface area is 262 Å². The maximum absolute atomic E-state index is 15.1. The van der Waals surface area contributed by atoms with Gasteiger partial charge in [-0.15, -0.1) is 0 Å². The molecule has 5 rings (SSSR count). The Morgan fingerprint density at radius 3 is 2.13 bits per heavy atom. The maximum atomic E-state index is 15.1. The van der Waals surface area contributed by atoms with E-state index in [0.29, 0.717) is 48.3 Å². The number of carbonyl (C=O) groups is 1. The Bertz CT molecular complexity index is 1660. The highest BCUT2D eigenvalue weighted by molar-refractivity contribution is 7.89. The summed E-state index contributed by atoms with van der Waals surface area (Å²) < 4.78 is 70.9. The molecular weight excluding hydrogens is 599 g/mol. The van der Waals surface area contributed by atoms with Crippen LogP contribution in [0.15, 0.2) is 102 Å². The molecule has 1 saturated heterocycles. The van der Waals surface area contributed by atoms with E-state index in [1.54, 1.807) is 65.0 Å². The Balaban J connectivity index is 1.29. The zero-order valence-electron chi connectivity index (χ0n) is 24.9. The number of nitrogens with zero attached hydrogens (tertiary/aromatic N) is 1. The summed E-state index contributed by atoms with van der Waals surface area (Å²) in [5.41, 5.74) is 2.03. The third-order valence-electron chi connectivity index (χ3n) is 8.20. The minimum Gasteiger partial charge on any atom is -0.326 e. The van der Waals surface area contributed by atoms with Crippen LogP contribution < -0.4 is 10.6 Å². The average Bonchev–Trinajstić information content (AvgIpc) is 3.03. The van der Waals surface area contributed by atoms with Crippen LogP contribution in [0.3, 0.4) is 0 Å². The normalized spacial score (nSPS) is 17.4. The van der Waals surface area contributed by atoms with E-state index in [1.807, 2.05) is 6.92 Å². The predicted octanol–water partition coefficient (Wildman–Crippen LogP) is 6.64. The van der Waals surface area contributed by atoms with E-state index in [4.69, 9.17) is 0 Å². The van der Waals surface area contributed by atoms with Crippen molar-refractivity contribution in [3.63, 3.8) is 0 Å². The molecule has 1 aliphatic heterocycles. The second-order valence-corrected chi connectivity index (χ2v) is 13.3. The highest BCUT2D eigenvalue weighted by Crippen LogP contribution is 2.30. The molecule has 1 amide bonds. The van der Waals surface area contributed by atoms with Gasteiger partial charge in [0.2, 0.25) is 15.9 Å². The molecule has 0 aliphatic carbocycles. The van der Waals surface area contributed by atoms with E-state index in [0.717, 1.165) is 0 Å². The van der Waals surface area contributed by atoms with Crippen molar-refractivity contribution in [1.29, 1.82) is 0 Å². The van der Waals surface area contributed by atoms with Gasteiger partial charge in [0.05, 0.1) is 4.90 Å². The first kappa shape index (κ1) is 32.4. The van der Waals surface area contributed by atoms with Crippen LogP contribution >= 0.6 is 0 Å². The van der Waals surface area contributed by atoms with Crippen molar-refractivity contribution in [2.75, 3.05) is 18.4 Å². The molecule has 0 bridgehead atoms. The lowest BCUT2D eigenvalue weighted by atomic mass is 9.88. The van der Waals surface area contributed by atoms with Crippen LogP contribution in [-0.2, 0) is 21.2 Å². The van der Waals surface area contributed by atoms with Crippen LogP contribution in [0.4, 0.5) is 18.9 Å². The minimum absolute atomic E-state index is 0.0123. The topological polar surface area (TPSA) is 78.5 Å². The van der Waals surface area contributed by atoms with Crippen LogP contribution in [0.5, 0.6) is 0 Å². The van der Waals surface area contributed by atoms with Crippen molar-refractivity contribution in [3.05, 3.63) is 131 Å². The number of hydrogen-bond acceptors (Lipinski definition) is 4. The second-order valence-electron chi connectivity index (χ2n) is 11.4. The monoisotopic (exact) mass is 635 g/mol. The fraction of sp³-hybridized carbons (Fsp3) is 0.286. The van der Waals surface area contributed by atoms with Crippen LogP contribution in [0.1, 0.15) is 48.8 Å². The summed E-state index contributed by atoms with van der Waals surface area (Å²) in [4.78, 5) is 13.6. The quantitative estimate of drug-likeness (QED) is 0.194. The summed E-state index contributed by atoms with van der Waals surface area (Å²) in [6.07, 6.45) is 1.22. The number of sulfonamides is 1. The van der Waals surface area contributed by atoms with E-state index in [-0.39, 0.29) is 35.7 Å². The third-order valence-corrected chi connectivity index (χ3v) is 10.1. The number of hydrogen-bond donors (Lipinski definition) is 2. The lowest BCUT2D eigenvalue weighted by Gasteiger charge is -2.38. The van der Waals surface area contributed by atoms with Crippen molar-refractivity contribution in [2.24, 2.45) is 0 Å². The minimum atomic E-state index is -3.71. The Morgan fingerprint density at radius 1 is 0.889 bits per heavy atom. The van der Waals surface area contributed by atoms with Crippen LogP contribution in [-0.4, -0.2) is 43.8 Å². The summed E-state index contributed by atoms with van der Waals surface area (Å²) in [6, 6.07) is 24.1. The van der Waals surface area contributed by atoms with Crippen molar-refractivity contribution < 1.29 is 26.4 Å². The molecule has 4 aromatic rings. The first-order chi connectivity index (χ1) is 21.6. The number of piperazine rings is 1. The van der Waals surface area contributed by atoms with Gasteiger partial charge in [-0.05, 0) is 85.8 Å². The van der Waals surface area contributed by atoms with Crippen LogP contribution in [0.25, 0.3) is 0 Å². The first-order valence-corrected chi connectivity index (χ1v) is 16.4. The molecule has 236 valence electrons. The van der Waals surface area contributed by atoms with Crippen LogP contribution in [0, 0.1) is 17.5 Å². The van der Waals surface area contributed by atoms with Gasteiger partial charge in [-0.25, -0.2) is 21.6 Å². The Morgan fingerprint density at radius 2 is 1.51 bits per heavy atom. The highest BCUT2D eigenvalue weighted by atomic mass is 32.2. The van der Waals surface area contributed by atoms with Gasteiger partial charge in [0.1, 0.15) is 17.5 Å². The number of carbonyl (C=O) groups excluding carboxylic acids is 1. The molecule has 0 spiro atoms. The molecular formula is C35H36F3N3O3S. The molecule has 2 atom stereocenters. The molecule has 1 fully saturated rings. The van der Waals surface area contributed by atoms with Crippen molar-refractivity contribution in [1.82, 2.24) is 9.62 Å². The van der Waals surface area contributed by atoms with E-state index in [9.17, 15) is 22.0 Å². The largest absolute Gasteiger partial charge is 0.326 e. The number of nitrogens with one attached hydrogen (secondary N) is 2. The van der Waals surface area contributed by atoms with Gasteiger partial charge in [0.25, 0.3) is 0 Å². The van der Waals surface area contributed by atoms with Gasteiger partial charge in [-0.2, -0.15) is 4.31 Å². The predicted molar refractivity (Wildman–Crippen MR) is 169 cm³/mol. The van der Waals surface area contributed by atoms with Gasteiger partial charge in [-0.3, -0.25) is 4.79 Å². The molecule has 4 aromatic carbocycles. The Kier molecular flexibility index (Phi) is 10.4.